The molecule has 18 heavy (non-hydrogen) atoms. The maximum absolute atomic E-state index is 11.9. The Morgan fingerprint density at radius 2 is 2.17 bits per heavy atom. The molecular formula is C13H14N3OW-. The van der Waals surface area contributed by atoms with Gasteiger partial charge < -0.3 is 0 Å². The first-order valence-corrected chi connectivity index (χ1v) is 6.76. The Bertz CT molecular complexity index is 521. The maximum atomic E-state index is 11.9. The Morgan fingerprint density at radius 3 is 2.78 bits per heavy atom. The molecule has 5 heteroatoms. The van der Waals surface area contributed by atoms with Crippen molar-refractivity contribution in [1.29, 1.82) is 0 Å². The van der Waals surface area contributed by atoms with E-state index in [0.29, 0.717) is 3.90 Å². The number of nitrogens with one attached hydrogen (secondary N) is 1. The van der Waals surface area contributed by atoms with E-state index in [2.05, 4.69) is 16.4 Å². The fourth-order valence-corrected chi connectivity index (χ4v) is 1.57. The molecule has 94 valence electrons. The number of amidine groups is 1. The molecule has 0 aromatic heterocycles. The van der Waals surface area contributed by atoms with E-state index in [1.807, 2.05) is 31.2 Å². The van der Waals surface area contributed by atoms with Crippen LogP contribution in [0.25, 0.3) is 0 Å². The molecular weight excluding hydrogens is 398 g/mol. The van der Waals surface area contributed by atoms with Crippen LogP contribution in [-0.4, -0.2) is 15.6 Å². The van der Waals surface area contributed by atoms with Crippen molar-refractivity contribution >= 4 is 21.3 Å². The van der Waals surface area contributed by atoms with Crippen LogP contribution in [0.3, 0.4) is 0 Å². The molecule has 1 rings (SSSR count). The van der Waals surface area contributed by atoms with Crippen LogP contribution >= 0.6 is 0 Å². The number of carbonyl (C=O) groups excluding carboxylic acids is 1. The van der Waals surface area contributed by atoms with Crippen molar-refractivity contribution in [2.45, 2.75) is 13.8 Å². The first-order valence-electron chi connectivity index (χ1n) is 5.29. The summed E-state index contributed by atoms with van der Waals surface area (Å²) in [6.45, 7) is 3.65. The molecule has 3 N–H and O–H groups in total. The number of nitrogens with zero attached hydrogens (tertiary/aromatic N) is 1. The van der Waals surface area contributed by atoms with Crippen molar-refractivity contribution in [2.75, 3.05) is 5.32 Å². The SMILES string of the molecule is C[C-]=CN=C(N)[C](=[W])C(=O)Nc1ccccc1C. The van der Waals surface area contributed by atoms with Gasteiger partial charge >= 0.3 is 117 Å². The van der Waals surface area contributed by atoms with Crippen LogP contribution in [-0.2, 0) is 24.1 Å². The second-order valence-corrected chi connectivity index (χ2v) is 5.00. The molecule has 0 fully saturated rings. The van der Waals surface area contributed by atoms with Crippen LogP contribution in [0.2, 0.25) is 0 Å². The van der Waals surface area contributed by atoms with Gasteiger partial charge in [0.05, 0.1) is 0 Å². The molecule has 1 aromatic rings. The molecule has 0 aliphatic carbocycles. The predicted octanol–water partition coefficient (Wildman–Crippen LogP) is 1.35. The second kappa shape index (κ2) is 7.02. The Hall–Kier alpha value is -1.54. The molecule has 1 amide bonds. The Labute approximate surface area is 117 Å². The fraction of sp³-hybridized carbons (Fsp3) is 0.154. The molecule has 1 aromatic carbocycles. The summed E-state index contributed by atoms with van der Waals surface area (Å²) in [6.07, 6.45) is 4.17. The van der Waals surface area contributed by atoms with Crippen molar-refractivity contribution in [1.82, 2.24) is 0 Å². The van der Waals surface area contributed by atoms with Gasteiger partial charge in [0.2, 0.25) is 0 Å². The normalized spacial score (nSPS) is 11.6. The molecule has 0 saturated carbocycles. The number of aliphatic imine (C=N–C) groups is 1. The first kappa shape index (κ1) is 14.5. The molecule has 4 nitrogen and oxygen atoms in total. The first-order chi connectivity index (χ1) is 8.56. The van der Waals surface area contributed by atoms with Gasteiger partial charge in [-0.25, -0.2) is 0 Å². The third-order valence-electron chi connectivity index (χ3n) is 2.16. The molecule has 0 saturated heterocycles. The van der Waals surface area contributed by atoms with Crippen LogP contribution in [0, 0.1) is 13.0 Å². The number of allylic oxidation sites excluding steroid dienone is 1. The van der Waals surface area contributed by atoms with E-state index in [1.165, 1.54) is 6.20 Å². The number of anilines is 1. The number of benzene rings is 1. The number of aryl methyl sites for hydroxylation is 1. The molecule has 0 aliphatic heterocycles. The molecule has 0 aliphatic rings. The van der Waals surface area contributed by atoms with Crippen molar-refractivity contribution in [2.24, 2.45) is 10.7 Å². The summed E-state index contributed by atoms with van der Waals surface area (Å²) in [5.74, 6) is 0.00971. The third kappa shape index (κ3) is 4.04. The summed E-state index contributed by atoms with van der Waals surface area (Å²) in [4.78, 5) is 15.9. The molecule has 0 spiro atoms. The molecule has 0 bridgehead atoms. The number of hydrogen-bond acceptors (Lipinski definition) is 2. The molecule has 0 heterocycles. The predicted molar refractivity (Wildman–Crippen MR) is 69.9 cm³/mol. The Kier molecular flexibility index (Phi) is 5.66. The van der Waals surface area contributed by atoms with E-state index in [9.17, 15) is 4.79 Å². The molecule has 0 radical (unpaired) electrons. The zero-order valence-electron chi connectivity index (χ0n) is 10.2. The van der Waals surface area contributed by atoms with Crippen LogP contribution < -0.4 is 11.1 Å². The summed E-state index contributed by atoms with van der Waals surface area (Å²) in [5.41, 5.74) is 7.49. The van der Waals surface area contributed by atoms with Crippen molar-refractivity contribution in [3.8, 4) is 0 Å². The third-order valence-corrected chi connectivity index (χ3v) is 3.58. The average molecular weight is 412 g/mol. The van der Waals surface area contributed by atoms with Gasteiger partial charge in [-0.2, -0.15) is 0 Å². The minimum absolute atomic E-state index is 0.218. The number of amides is 1. The van der Waals surface area contributed by atoms with Crippen molar-refractivity contribution in [3.63, 3.8) is 0 Å². The summed E-state index contributed by atoms with van der Waals surface area (Å²) in [5, 5.41) is 2.82. The van der Waals surface area contributed by atoms with E-state index in [-0.39, 0.29) is 11.7 Å². The van der Waals surface area contributed by atoms with E-state index < -0.39 is 0 Å². The fourth-order valence-electron chi connectivity index (χ4n) is 1.20. The summed E-state index contributed by atoms with van der Waals surface area (Å²) in [6, 6.07) is 7.58. The Balaban J connectivity index is 2.78. The van der Waals surface area contributed by atoms with Crippen LogP contribution in [0.15, 0.2) is 35.5 Å². The average Bonchev–Trinajstić information content (AvgIpc) is 2.37. The van der Waals surface area contributed by atoms with E-state index in [4.69, 9.17) is 5.73 Å². The number of carbonyl (C=O) groups is 1. The number of nitrogens with two attached hydrogens (primary N) is 1. The standard InChI is InChI=1S/C13H14N3O.W/c1-3-8-15-12(14)9-13(17)16-11-7-5-4-6-10(11)2;/h4-8H,1-2H3,(H2,14,15)(H,16,17);/q-1;. The summed E-state index contributed by atoms with van der Waals surface area (Å²) < 4.78 is 0.463. The van der Waals surface area contributed by atoms with Gasteiger partial charge in [0, 0.05) is 0 Å². The van der Waals surface area contributed by atoms with Gasteiger partial charge in [0.1, 0.15) is 0 Å². The van der Waals surface area contributed by atoms with Crippen LogP contribution in [0.4, 0.5) is 5.69 Å². The minimum atomic E-state index is -0.218. The number of para-hydroxylation sites is 1. The summed E-state index contributed by atoms with van der Waals surface area (Å²) in [7, 11) is 0. The number of rotatable bonds is 4. The Morgan fingerprint density at radius 1 is 1.50 bits per heavy atom. The topological polar surface area (TPSA) is 67.5 Å². The van der Waals surface area contributed by atoms with Crippen LogP contribution in [0.1, 0.15) is 12.5 Å². The van der Waals surface area contributed by atoms with Crippen LogP contribution in [0.5, 0.6) is 0 Å². The molecule has 0 atom stereocenters. The molecule has 0 unspecified atom stereocenters. The van der Waals surface area contributed by atoms with Gasteiger partial charge in [0.25, 0.3) is 0 Å². The van der Waals surface area contributed by atoms with Gasteiger partial charge in [-0.1, -0.05) is 0 Å². The van der Waals surface area contributed by atoms with E-state index >= 15 is 0 Å². The second-order valence-electron chi connectivity index (χ2n) is 3.53. The van der Waals surface area contributed by atoms with Gasteiger partial charge in [-0.15, -0.1) is 0 Å². The van der Waals surface area contributed by atoms with E-state index in [0.717, 1.165) is 30.6 Å². The van der Waals surface area contributed by atoms with E-state index in [1.54, 1.807) is 6.92 Å². The van der Waals surface area contributed by atoms with Crippen molar-refractivity contribution < 1.29 is 24.1 Å². The monoisotopic (exact) mass is 412 g/mol. The zero-order valence-corrected chi connectivity index (χ0v) is 13.2. The van der Waals surface area contributed by atoms with Gasteiger partial charge in [-0.05, 0) is 0 Å². The quantitative estimate of drug-likeness (QED) is 0.446. The van der Waals surface area contributed by atoms with Crippen molar-refractivity contribution in [3.05, 3.63) is 42.1 Å². The summed E-state index contributed by atoms with van der Waals surface area (Å²) >= 11 is 0.974. The van der Waals surface area contributed by atoms with Gasteiger partial charge in [-0.3, -0.25) is 0 Å². The number of hydrogen-bond donors (Lipinski definition) is 2. The zero-order chi connectivity index (χ0) is 13.5. The van der Waals surface area contributed by atoms with Gasteiger partial charge in [0.15, 0.2) is 0 Å².